The summed E-state index contributed by atoms with van der Waals surface area (Å²) >= 11 is 0. The number of hydrogen-bond donors (Lipinski definition) is 4. The summed E-state index contributed by atoms with van der Waals surface area (Å²) in [6.45, 7) is 6.14. The number of alkyl carbamates (subject to hydrolysis) is 1. The Morgan fingerprint density at radius 3 is 2.13 bits per heavy atom. The maximum Gasteiger partial charge on any atom is 0.408 e. The van der Waals surface area contributed by atoms with E-state index >= 15 is 0 Å². The molecule has 0 aliphatic heterocycles. The standard InChI is InChI=1S/C22H34N4O4/c1-21(2,3)30-20(29)26-22(12-6-4-5-7-13-22)15-25-18(27)17-10-8-16(9-11-17)14-24-19(23)28/h8-11H,4-7,12-15H2,1-3H3,(H,25,27)(H,26,29)(H3,23,24,28). The van der Waals surface area contributed by atoms with Gasteiger partial charge in [-0.1, -0.05) is 37.8 Å². The SMILES string of the molecule is CC(C)(C)OC(=O)NC1(CNC(=O)c2ccc(CNC(N)=O)cc2)CCCCCC1. The van der Waals surface area contributed by atoms with Gasteiger partial charge in [-0.25, -0.2) is 9.59 Å². The van der Waals surface area contributed by atoms with E-state index in [0.29, 0.717) is 18.7 Å². The van der Waals surface area contributed by atoms with Crippen LogP contribution in [-0.2, 0) is 11.3 Å². The van der Waals surface area contributed by atoms with E-state index in [4.69, 9.17) is 10.5 Å². The first-order chi connectivity index (χ1) is 14.1. The van der Waals surface area contributed by atoms with Gasteiger partial charge >= 0.3 is 12.1 Å². The van der Waals surface area contributed by atoms with Crippen molar-refractivity contribution in [3.05, 3.63) is 35.4 Å². The predicted octanol–water partition coefficient (Wildman–Crippen LogP) is 3.20. The Hall–Kier alpha value is -2.77. The summed E-state index contributed by atoms with van der Waals surface area (Å²) in [4.78, 5) is 35.9. The summed E-state index contributed by atoms with van der Waals surface area (Å²) in [5.41, 5.74) is 5.33. The van der Waals surface area contributed by atoms with E-state index in [-0.39, 0.29) is 5.91 Å². The fourth-order valence-corrected chi connectivity index (χ4v) is 3.59. The van der Waals surface area contributed by atoms with E-state index in [1.165, 1.54) is 0 Å². The van der Waals surface area contributed by atoms with Crippen LogP contribution in [0.1, 0.15) is 75.2 Å². The van der Waals surface area contributed by atoms with E-state index in [1.54, 1.807) is 24.3 Å². The lowest BCUT2D eigenvalue weighted by atomic mass is 9.90. The molecular weight excluding hydrogens is 384 g/mol. The number of ether oxygens (including phenoxy) is 1. The molecule has 0 unspecified atom stereocenters. The molecule has 2 rings (SSSR count). The summed E-state index contributed by atoms with van der Waals surface area (Å²) in [7, 11) is 0. The zero-order chi connectivity index (χ0) is 22.2. The Labute approximate surface area is 178 Å². The van der Waals surface area contributed by atoms with E-state index in [2.05, 4.69) is 16.0 Å². The topological polar surface area (TPSA) is 123 Å². The fourth-order valence-electron chi connectivity index (χ4n) is 3.59. The Balaban J connectivity index is 2.00. The first kappa shape index (κ1) is 23.5. The third kappa shape index (κ3) is 7.93. The minimum atomic E-state index is -0.594. The van der Waals surface area contributed by atoms with Gasteiger partial charge in [-0.05, 0) is 51.3 Å². The van der Waals surface area contributed by atoms with Gasteiger partial charge in [-0.2, -0.15) is 0 Å². The van der Waals surface area contributed by atoms with Crippen LogP contribution in [0.4, 0.5) is 9.59 Å². The zero-order valence-corrected chi connectivity index (χ0v) is 18.2. The van der Waals surface area contributed by atoms with E-state index in [0.717, 1.165) is 44.1 Å². The lowest BCUT2D eigenvalue weighted by molar-refractivity contribution is 0.0437. The van der Waals surface area contributed by atoms with Crippen molar-refractivity contribution in [2.75, 3.05) is 6.54 Å². The average Bonchev–Trinajstić information content (AvgIpc) is 2.89. The maximum atomic E-state index is 12.7. The van der Waals surface area contributed by atoms with Crippen LogP contribution < -0.4 is 21.7 Å². The van der Waals surface area contributed by atoms with Crippen LogP contribution in [0.3, 0.4) is 0 Å². The molecule has 0 heterocycles. The molecule has 8 nitrogen and oxygen atoms in total. The monoisotopic (exact) mass is 418 g/mol. The normalized spacial score (nSPS) is 16.1. The molecule has 4 amide bonds. The van der Waals surface area contributed by atoms with Gasteiger partial charge in [0.05, 0.1) is 5.54 Å². The van der Waals surface area contributed by atoms with Crippen LogP contribution in [0, 0.1) is 0 Å². The van der Waals surface area contributed by atoms with Crippen molar-refractivity contribution in [2.24, 2.45) is 5.73 Å². The average molecular weight is 419 g/mol. The molecule has 0 aromatic heterocycles. The Bertz CT molecular complexity index is 732. The van der Waals surface area contributed by atoms with Crippen LogP contribution in [0.25, 0.3) is 0 Å². The highest BCUT2D eigenvalue weighted by Crippen LogP contribution is 2.27. The lowest BCUT2D eigenvalue weighted by Crippen LogP contribution is -2.56. The largest absolute Gasteiger partial charge is 0.444 e. The minimum absolute atomic E-state index is 0.209. The highest BCUT2D eigenvalue weighted by Gasteiger charge is 2.34. The molecule has 0 atom stereocenters. The molecule has 1 fully saturated rings. The molecule has 30 heavy (non-hydrogen) atoms. The number of nitrogens with two attached hydrogens (primary N) is 1. The quantitative estimate of drug-likeness (QED) is 0.530. The molecule has 0 saturated heterocycles. The Morgan fingerprint density at radius 2 is 1.60 bits per heavy atom. The van der Waals surface area contributed by atoms with Gasteiger partial charge in [0.2, 0.25) is 0 Å². The Kier molecular flexibility index (Phi) is 8.08. The fraction of sp³-hybridized carbons (Fsp3) is 0.591. The number of carbonyl (C=O) groups excluding carboxylic acids is 3. The lowest BCUT2D eigenvalue weighted by Gasteiger charge is -2.35. The van der Waals surface area contributed by atoms with Gasteiger partial charge in [0.1, 0.15) is 5.60 Å². The number of nitrogens with one attached hydrogen (secondary N) is 3. The van der Waals surface area contributed by atoms with Crippen LogP contribution in [-0.4, -0.2) is 35.7 Å². The van der Waals surface area contributed by atoms with Crippen LogP contribution in [0.2, 0.25) is 0 Å². The predicted molar refractivity (Wildman–Crippen MR) is 115 cm³/mol. The van der Waals surface area contributed by atoms with Crippen molar-refractivity contribution in [3.63, 3.8) is 0 Å². The van der Waals surface area contributed by atoms with Crippen molar-refractivity contribution < 1.29 is 19.1 Å². The minimum Gasteiger partial charge on any atom is -0.444 e. The summed E-state index contributed by atoms with van der Waals surface area (Å²) in [5.74, 6) is -0.209. The number of amides is 4. The van der Waals surface area contributed by atoms with Crippen molar-refractivity contribution in [1.29, 1.82) is 0 Å². The van der Waals surface area contributed by atoms with Crippen molar-refractivity contribution in [2.45, 2.75) is 77.0 Å². The molecule has 5 N–H and O–H groups in total. The summed E-state index contributed by atoms with van der Waals surface area (Å²) in [6.07, 6.45) is 5.36. The van der Waals surface area contributed by atoms with Gasteiger partial charge in [-0.15, -0.1) is 0 Å². The summed E-state index contributed by atoms with van der Waals surface area (Å²) in [6, 6.07) is 6.35. The van der Waals surface area contributed by atoms with E-state index in [9.17, 15) is 14.4 Å². The molecule has 1 aliphatic carbocycles. The summed E-state index contributed by atoms with van der Waals surface area (Å²) in [5, 5.41) is 8.53. The molecule has 8 heteroatoms. The molecule has 0 bridgehead atoms. The van der Waals surface area contributed by atoms with Crippen LogP contribution >= 0.6 is 0 Å². The molecule has 0 spiro atoms. The first-order valence-corrected chi connectivity index (χ1v) is 10.5. The molecule has 1 saturated carbocycles. The molecule has 166 valence electrons. The second kappa shape index (κ2) is 10.3. The van der Waals surface area contributed by atoms with Gasteiger partial charge < -0.3 is 26.4 Å². The van der Waals surface area contributed by atoms with Gasteiger partial charge in [0.25, 0.3) is 5.91 Å². The van der Waals surface area contributed by atoms with Gasteiger partial charge in [-0.3, -0.25) is 4.79 Å². The smallest absolute Gasteiger partial charge is 0.408 e. The summed E-state index contributed by atoms with van der Waals surface area (Å²) < 4.78 is 5.45. The highest BCUT2D eigenvalue weighted by atomic mass is 16.6. The first-order valence-electron chi connectivity index (χ1n) is 10.5. The van der Waals surface area contributed by atoms with Gasteiger partial charge in [0, 0.05) is 18.7 Å². The van der Waals surface area contributed by atoms with Crippen LogP contribution in [0.5, 0.6) is 0 Å². The zero-order valence-electron chi connectivity index (χ0n) is 18.2. The third-order valence-corrected chi connectivity index (χ3v) is 5.10. The second-order valence-electron chi connectivity index (χ2n) is 8.92. The number of primary amides is 1. The van der Waals surface area contributed by atoms with Crippen molar-refractivity contribution >= 4 is 18.0 Å². The number of hydrogen-bond acceptors (Lipinski definition) is 4. The number of urea groups is 1. The second-order valence-corrected chi connectivity index (χ2v) is 8.92. The molecule has 1 aromatic rings. The highest BCUT2D eigenvalue weighted by molar-refractivity contribution is 5.94. The van der Waals surface area contributed by atoms with Crippen molar-refractivity contribution in [1.82, 2.24) is 16.0 Å². The molecule has 1 aromatic carbocycles. The van der Waals surface area contributed by atoms with Crippen LogP contribution in [0.15, 0.2) is 24.3 Å². The number of carbonyl (C=O) groups is 3. The molecular formula is C22H34N4O4. The van der Waals surface area contributed by atoms with E-state index < -0.39 is 23.3 Å². The van der Waals surface area contributed by atoms with E-state index in [1.807, 2.05) is 20.8 Å². The maximum absolute atomic E-state index is 12.7. The molecule has 1 aliphatic rings. The number of rotatable bonds is 6. The molecule has 0 radical (unpaired) electrons. The van der Waals surface area contributed by atoms with Gasteiger partial charge in [0.15, 0.2) is 0 Å². The van der Waals surface area contributed by atoms with Crippen molar-refractivity contribution in [3.8, 4) is 0 Å². The number of benzene rings is 1. The third-order valence-electron chi connectivity index (χ3n) is 5.10. The Morgan fingerprint density at radius 1 is 1.00 bits per heavy atom.